The van der Waals surface area contributed by atoms with Crippen LogP contribution in [0, 0.1) is 0 Å². The maximum atomic E-state index is 14.2. The molecular formula is C25H36O2Te. The molecule has 0 aliphatic carbocycles. The Bertz CT molecular complexity index is 884. The van der Waals surface area contributed by atoms with Gasteiger partial charge in [-0.1, -0.05) is 0 Å². The van der Waals surface area contributed by atoms with Crippen LogP contribution in [0.5, 0.6) is 0 Å². The van der Waals surface area contributed by atoms with E-state index in [0.29, 0.717) is 13.1 Å². The molecule has 28 heavy (non-hydrogen) atoms. The third kappa shape index (κ3) is 4.37. The van der Waals surface area contributed by atoms with Crippen molar-refractivity contribution in [1.82, 2.24) is 0 Å². The first kappa shape index (κ1) is 23.1. The summed E-state index contributed by atoms with van der Waals surface area (Å²) >= 11 is -5.04. The zero-order chi connectivity index (χ0) is 21.2. The van der Waals surface area contributed by atoms with Crippen LogP contribution >= 0.6 is 0 Å². The summed E-state index contributed by atoms with van der Waals surface area (Å²) in [4.78, 5) is 0. The number of hydrogen-bond acceptors (Lipinski definition) is 2. The van der Waals surface area contributed by atoms with Gasteiger partial charge in [-0.15, -0.1) is 0 Å². The van der Waals surface area contributed by atoms with Gasteiger partial charge in [-0.3, -0.25) is 0 Å². The molecule has 0 aliphatic rings. The predicted molar refractivity (Wildman–Crippen MR) is 120 cm³/mol. The number of rotatable bonds is 7. The Morgan fingerprint density at radius 2 is 1.14 bits per heavy atom. The molecule has 3 heteroatoms. The van der Waals surface area contributed by atoms with Crippen LogP contribution in [0.2, 0.25) is 0 Å². The fourth-order valence-electron chi connectivity index (χ4n) is 3.84. The van der Waals surface area contributed by atoms with Gasteiger partial charge in [-0.05, 0) is 0 Å². The Labute approximate surface area is 175 Å². The molecule has 0 spiro atoms. The van der Waals surface area contributed by atoms with Gasteiger partial charge in [0.05, 0.1) is 0 Å². The van der Waals surface area contributed by atoms with Crippen LogP contribution in [0.15, 0.2) is 30.3 Å². The zero-order valence-corrected chi connectivity index (χ0v) is 21.1. The van der Waals surface area contributed by atoms with E-state index in [2.05, 4.69) is 53.7 Å². The van der Waals surface area contributed by atoms with Gasteiger partial charge < -0.3 is 0 Å². The first-order valence-corrected chi connectivity index (χ1v) is 14.8. The molecular weight excluding hydrogens is 460 g/mol. The van der Waals surface area contributed by atoms with E-state index in [0.717, 1.165) is 35.1 Å². The van der Waals surface area contributed by atoms with Crippen molar-refractivity contribution in [2.45, 2.75) is 86.0 Å². The summed E-state index contributed by atoms with van der Waals surface area (Å²) in [6.07, 6.45) is 1.47. The number of aryl methyl sites for hydroxylation is 2. The molecule has 2 nitrogen and oxygen atoms in total. The van der Waals surface area contributed by atoms with E-state index in [-0.39, 0.29) is 11.8 Å². The molecule has 154 valence electrons. The topological polar surface area (TPSA) is 34.1 Å². The van der Waals surface area contributed by atoms with Crippen LogP contribution in [0.3, 0.4) is 0 Å². The SMILES string of the molecule is CCc1cccc(CC)c1[Te](=O)(=O)c1c(C(C)C)cc(C(C)C)cc1C(C)C. The monoisotopic (exact) mass is 498 g/mol. The van der Waals surface area contributed by atoms with Gasteiger partial charge in [0.25, 0.3) is 0 Å². The van der Waals surface area contributed by atoms with E-state index in [4.69, 9.17) is 0 Å². The minimum absolute atomic E-state index is 0.165. The molecule has 0 saturated carbocycles. The number of benzene rings is 2. The second-order valence-electron chi connectivity index (χ2n) is 8.61. The first-order chi connectivity index (χ1) is 13.1. The van der Waals surface area contributed by atoms with Gasteiger partial charge in [0.2, 0.25) is 0 Å². The van der Waals surface area contributed by atoms with Crippen LogP contribution in [-0.4, -0.2) is 18.1 Å². The predicted octanol–water partition coefficient (Wildman–Crippen LogP) is 5.60. The van der Waals surface area contributed by atoms with E-state index >= 15 is 0 Å². The first-order valence-electron chi connectivity index (χ1n) is 10.6. The molecule has 2 rings (SSSR count). The Morgan fingerprint density at radius 3 is 1.46 bits per heavy atom. The molecule has 0 bridgehead atoms. The molecule has 2 aromatic carbocycles. The summed E-state index contributed by atoms with van der Waals surface area (Å²) in [5.41, 5.74) is 5.14. The van der Waals surface area contributed by atoms with Crippen molar-refractivity contribution in [1.29, 1.82) is 0 Å². The van der Waals surface area contributed by atoms with Crippen molar-refractivity contribution in [2.75, 3.05) is 0 Å². The van der Waals surface area contributed by atoms with Crippen LogP contribution < -0.4 is 7.22 Å². The van der Waals surface area contributed by atoms with E-state index < -0.39 is 18.1 Å². The maximum absolute atomic E-state index is 14.2. The summed E-state index contributed by atoms with van der Waals surface area (Å²) in [6, 6.07) is 10.3. The third-order valence-electron chi connectivity index (χ3n) is 5.56. The van der Waals surface area contributed by atoms with Crippen LogP contribution in [0.1, 0.15) is 101 Å². The molecule has 0 amide bonds. The molecule has 0 aliphatic heterocycles. The van der Waals surface area contributed by atoms with Gasteiger partial charge in [0, 0.05) is 0 Å². The second kappa shape index (κ2) is 9.10. The summed E-state index contributed by atoms with van der Waals surface area (Å²) < 4.78 is 29.7. The van der Waals surface area contributed by atoms with Crippen LogP contribution in [0.4, 0.5) is 0 Å². The standard InChI is InChI=1S/C25H36O2Te/c1-9-19-12-11-13-20(10-2)24(19)28(26,27)25-22(17(5)6)14-21(16(3)4)15-23(25)18(7)8/h11-18H,9-10H2,1-8H3. The molecule has 0 radical (unpaired) electrons. The fourth-order valence-corrected chi connectivity index (χ4v) is 11.1. The normalized spacial score (nSPS) is 12.4. The molecule has 2 aromatic rings. The van der Waals surface area contributed by atoms with E-state index in [1.54, 1.807) is 0 Å². The van der Waals surface area contributed by atoms with Gasteiger partial charge in [-0.2, -0.15) is 0 Å². The Hall–Kier alpha value is -1.17. The molecule has 0 fully saturated rings. The molecule has 0 saturated heterocycles. The van der Waals surface area contributed by atoms with Gasteiger partial charge in [-0.25, -0.2) is 0 Å². The zero-order valence-electron chi connectivity index (χ0n) is 18.8. The third-order valence-corrected chi connectivity index (χ3v) is 11.5. The molecule has 0 atom stereocenters. The van der Waals surface area contributed by atoms with Gasteiger partial charge in [0.1, 0.15) is 0 Å². The van der Waals surface area contributed by atoms with Gasteiger partial charge >= 0.3 is 176 Å². The summed E-state index contributed by atoms with van der Waals surface area (Å²) in [6.45, 7) is 16.9. The average molecular weight is 496 g/mol. The van der Waals surface area contributed by atoms with Crippen molar-refractivity contribution < 1.29 is 6.21 Å². The van der Waals surface area contributed by atoms with Crippen molar-refractivity contribution in [3.05, 3.63) is 58.1 Å². The summed E-state index contributed by atoms with van der Waals surface area (Å²) in [5, 5.41) is 0. The minimum atomic E-state index is -5.04. The van der Waals surface area contributed by atoms with E-state index in [1.165, 1.54) is 5.56 Å². The Balaban J connectivity index is 2.98. The molecule has 0 N–H and O–H groups in total. The van der Waals surface area contributed by atoms with E-state index in [1.807, 2.05) is 32.0 Å². The van der Waals surface area contributed by atoms with Crippen LogP contribution in [0.25, 0.3) is 0 Å². The fraction of sp³-hybridized carbons (Fsp3) is 0.520. The summed E-state index contributed by atoms with van der Waals surface area (Å²) in [7, 11) is 0. The van der Waals surface area contributed by atoms with Gasteiger partial charge in [0.15, 0.2) is 0 Å². The molecule has 0 aromatic heterocycles. The molecule has 0 heterocycles. The van der Waals surface area contributed by atoms with Crippen molar-refractivity contribution >= 4 is 25.4 Å². The summed E-state index contributed by atoms with van der Waals surface area (Å²) in [5.74, 6) is 0.705. The number of hydrogen-bond donors (Lipinski definition) is 0. The Kier molecular flexibility index (Phi) is 7.51. The van der Waals surface area contributed by atoms with Crippen molar-refractivity contribution in [3.63, 3.8) is 0 Å². The van der Waals surface area contributed by atoms with E-state index in [9.17, 15) is 6.21 Å². The molecule has 0 unspecified atom stereocenters. The van der Waals surface area contributed by atoms with Crippen molar-refractivity contribution in [3.8, 4) is 0 Å². The second-order valence-corrected chi connectivity index (χ2v) is 13.8. The van der Waals surface area contributed by atoms with Crippen LogP contribution in [-0.2, 0) is 19.1 Å². The Morgan fingerprint density at radius 1 is 0.714 bits per heavy atom. The quantitative estimate of drug-likeness (QED) is 0.468. The average Bonchev–Trinajstić information content (AvgIpc) is 2.65. The van der Waals surface area contributed by atoms with Crippen molar-refractivity contribution in [2.24, 2.45) is 0 Å².